The van der Waals surface area contributed by atoms with E-state index >= 15 is 0 Å². The van der Waals surface area contributed by atoms with Crippen molar-refractivity contribution >= 4 is 23.4 Å². The van der Waals surface area contributed by atoms with Crippen LogP contribution >= 0.6 is 11.8 Å². The second-order valence-electron chi connectivity index (χ2n) is 7.15. The third kappa shape index (κ3) is 3.62. The van der Waals surface area contributed by atoms with Gasteiger partial charge in [0.2, 0.25) is 0 Å². The fourth-order valence-corrected chi connectivity index (χ4v) is 4.63. The molecule has 3 aromatic rings. The summed E-state index contributed by atoms with van der Waals surface area (Å²) in [5.74, 6) is 2.55. The van der Waals surface area contributed by atoms with Crippen molar-refractivity contribution < 1.29 is 13.6 Å². The molecule has 8 nitrogen and oxygen atoms in total. The number of aromatic nitrogens is 3. The zero-order valence-electron chi connectivity index (χ0n) is 15.9. The van der Waals surface area contributed by atoms with Crippen LogP contribution in [0.1, 0.15) is 49.1 Å². The number of amides is 1. The Labute approximate surface area is 172 Å². The predicted molar refractivity (Wildman–Crippen MR) is 106 cm³/mol. The highest BCUT2D eigenvalue weighted by molar-refractivity contribution is 7.99. The number of aryl methyl sites for hydroxylation is 1. The van der Waals surface area contributed by atoms with Crippen LogP contribution in [-0.2, 0) is 17.8 Å². The van der Waals surface area contributed by atoms with Gasteiger partial charge in [-0.2, -0.15) is 5.10 Å². The molecule has 1 amide bonds. The number of carbonyl (C=O) groups excluding carboxylic acids is 1. The maximum absolute atomic E-state index is 13.1. The lowest BCUT2D eigenvalue weighted by Crippen LogP contribution is -2.28. The molecular formula is C20H21N5O3S. The minimum atomic E-state index is -0.270. The van der Waals surface area contributed by atoms with Crippen molar-refractivity contribution in [2.75, 3.05) is 5.75 Å². The highest BCUT2D eigenvalue weighted by Gasteiger charge is 2.35. The fourth-order valence-electron chi connectivity index (χ4n) is 3.79. The van der Waals surface area contributed by atoms with Gasteiger partial charge in [0.1, 0.15) is 29.1 Å². The molecule has 5 rings (SSSR count). The van der Waals surface area contributed by atoms with Gasteiger partial charge in [0.15, 0.2) is 5.16 Å². The average Bonchev–Trinajstić information content (AvgIpc) is 3.51. The maximum atomic E-state index is 13.1. The Morgan fingerprint density at radius 3 is 2.86 bits per heavy atom. The van der Waals surface area contributed by atoms with Crippen LogP contribution in [0.25, 0.3) is 0 Å². The van der Waals surface area contributed by atoms with Gasteiger partial charge in [-0.1, -0.05) is 18.2 Å². The van der Waals surface area contributed by atoms with Gasteiger partial charge in [0.05, 0.1) is 18.3 Å². The minimum absolute atomic E-state index is 0.0936. The summed E-state index contributed by atoms with van der Waals surface area (Å²) in [7, 11) is 0. The van der Waals surface area contributed by atoms with Gasteiger partial charge in [-0.3, -0.25) is 4.79 Å². The third-order valence-corrected chi connectivity index (χ3v) is 6.19. The van der Waals surface area contributed by atoms with E-state index in [0.29, 0.717) is 17.9 Å². The second kappa shape index (κ2) is 7.90. The number of hydrogen-bond acceptors (Lipinski definition) is 7. The summed E-state index contributed by atoms with van der Waals surface area (Å²) in [6, 6.07) is 7.09. The molecule has 9 heteroatoms. The molecule has 0 fully saturated rings. The standard InChI is InChI=1S/C20H21N5O3S/c26-19(13-29-20-22-21-18-8-2-1-3-9-24(18)20)25-15(17-7-5-11-28-17)12-14(23-25)16-6-4-10-27-16/h4-7,10-11,15H,1-3,8-9,12-13H2/t15-/m1/s1. The van der Waals surface area contributed by atoms with Crippen LogP contribution in [0.15, 0.2) is 55.9 Å². The normalized spacial score (nSPS) is 19.1. The van der Waals surface area contributed by atoms with E-state index in [-0.39, 0.29) is 17.7 Å². The van der Waals surface area contributed by atoms with Crippen molar-refractivity contribution in [2.45, 2.75) is 49.8 Å². The molecule has 0 saturated carbocycles. The number of nitrogens with zero attached hydrogens (tertiary/aromatic N) is 5. The van der Waals surface area contributed by atoms with Gasteiger partial charge in [-0.05, 0) is 37.1 Å². The highest BCUT2D eigenvalue weighted by Crippen LogP contribution is 2.34. The van der Waals surface area contributed by atoms with Crippen LogP contribution in [-0.4, -0.2) is 37.1 Å². The Hall–Kier alpha value is -2.81. The number of furan rings is 2. The maximum Gasteiger partial charge on any atom is 0.253 e. The number of carbonyl (C=O) groups is 1. The lowest BCUT2D eigenvalue weighted by Gasteiger charge is -2.19. The molecule has 0 saturated heterocycles. The first-order chi connectivity index (χ1) is 14.3. The molecule has 0 spiro atoms. The molecule has 29 heavy (non-hydrogen) atoms. The molecule has 0 aromatic carbocycles. The Kier molecular flexibility index (Phi) is 4.97. The van der Waals surface area contributed by atoms with E-state index in [1.54, 1.807) is 12.5 Å². The number of hydrazone groups is 1. The number of hydrogen-bond donors (Lipinski definition) is 0. The molecule has 2 aliphatic rings. The van der Waals surface area contributed by atoms with Crippen molar-refractivity contribution in [1.29, 1.82) is 0 Å². The summed E-state index contributed by atoms with van der Waals surface area (Å²) in [5, 5.41) is 15.5. The Balaban J connectivity index is 1.34. The molecule has 0 N–H and O–H groups in total. The van der Waals surface area contributed by atoms with Gasteiger partial charge in [0.25, 0.3) is 5.91 Å². The van der Waals surface area contributed by atoms with Crippen molar-refractivity contribution in [3.05, 3.63) is 54.1 Å². The van der Waals surface area contributed by atoms with Gasteiger partial charge < -0.3 is 13.4 Å². The Morgan fingerprint density at radius 2 is 2.03 bits per heavy atom. The van der Waals surface area contributed by atoms with E-state index in [2.05, 4.69) is 19.9 Å². The number of thioether (sulfide) groups is 1. The molecule has 5 heterocycles. The summed E-state index contributed by atoms with van der Waals surface area (Å²) in [4.78, 5) is 13.1. The first-order valence-electron chi connectivity index (χ1n) is 9.81. The second-order valence-corrected chi connectivity index (χ2v) is 8.09. The van der Waals surface area contributed by atoms with Gasteiger partial charge >= 0.3 is 0 Å². The van der Waals surface area contributed by atoms with E-state index in [1.165, 1.54) is 23.2 Å². The van der Waals surface area contributed by atoms with E-state index in [1.807, 2.05) is 24.3 Å². The largest absolute Gasteiger partial charge is 0.467 e. The Morgan fingerprint density at radius 1 is 1.14 bits per heavy atom. The summed E-state index contributed by atoms with van der Waals surface area (Å²) in [6.07, 6.45) is 8.19. The van der Waals surface area contributed by atoms with Crippen molar-refractivity contribution in [3.63, 3.8) is 0 Å². The summed E-state index contributed by atoms with van der Waals surface area (Å²) in [5.41, 5.74) is 0.742. The third-order valence-electron chi connectivity index (χ3n) is 5.24. The van der Waals surface area contributed by atoms with Crippen LogP contribution in [0, 0.1) is 0 Å². The number of fused-ring (bicyclic) bond motifs is 1. The average molecular weight is 411 g/mol. The molecule has 1 atom stereocenters. The smallest absolute Gasteiger partial charge is 0.253 e. The van der Waals surface area contributed by atoms with E-state index < -0.39 is 0 Å². The van der Waals surface area contributed by atoms with Crippen LogP contribution < -0.4 is 0 Å². The van der Waals surface area contributed by atoms with E-state index in [0.717, 1.165) is 42.5 Å². The lowest BCUT2D eigenvalue weighted by atomic mass is 10.1. The molecular weight excluding hydrogens is 390 g/mol. The van der Waals surface area contributed by atoms with Crippen molar-refractivity contribution in [3.8, 4) is 0 Å². The van der Waals surface area contributed by atoms with Crippen LogP contribution in [0.2, 0.25) is 0 Å². The number of rotatable bonds is 5. The van der Waals surface area contributed by atoms with Crippen LogP contribution in [0.3, 0.4) is 0 Å². The lowest BCUT2D eigenvalue weighted by molar-refractivity contribution is -0.130. The zero-order chi connectivity index (χ0) is 19.6. The van der Waals surface area contributed by atoms with Crippen LogP contribution in [0.5, 0.6) is 0 Å². The first kappa shape index (κ1) is 18.2. The molecule has 0 radical (unpaired) electrons. The van der Waals surface area contributed by atoms with Gasteiger partial charge in [-0.15, -0.1) is 10.2 Å². The highest BCUT2D eigenvalue weighted by atomic mass is 32.2. The SMILES string of the molecule is O=C(CSc1nnc2n1CCCCC2)N1N=C(c2ccco2)C[C@@H]1c1ccco1. The fraction of sp³-hybridized carbons (Fsp3) is 0.400. The molecule has 0 aliphatic carbocycles. The van der Waals surface area contributed by atoms with E-state index in [4.69, 9.17) is 8.83 Å². The molecule has 150 valence electrons. The quantitative estimate of drug-likeness (QED) is 0.595. The summed E-state index contributed by atoms with van der Waals surface area (Å²) in [6.45, 7) is 0.915. The molecule has 2 aliphatic heterocycles. The Bertz CT molecular complexity index is 1010. The first-order valence-corrected chi connectivity index (χ1v) is 10.8. The van der Waals surface area contributed by atoms with Gasteiger partial charge in [0, 0.05) is 19.4 Å². The van der Waals surface area contributed by atoms with Crippen LogP contribution in [0.4, 0.5) is 0 Å². The monoisotopic (exact) mass is 411 g/mol. The summed E-state index contributed by atoms with van der Waals surface area (Å²) < 4.78 is 13.2. The predicted octanol–water partition coefficient (Wildman–Crippen LogP) is 3.66. The minimum Gasteiger partial charge on any atom is -0.467 e. The van der Waals surface area contributed by atoms with E-state index in [9.17, 15) is 4.79 Å². The van der Waals surface area contributed by atoms with Gasteiger partial charge in [-0.25, -0.2) is 5.01 Å². The van der Waals surface area contributed by atoms with Crippen molar-refractivity contribution in [1.82, 2.24) is 19.8 Å². The molecule has 3 aromatic heterocycles. The topological polar surface area (TPSA) is 89.7 Å². The van der Waals surface area contributed by atoms with Crippen molar-refractivity contribution in [2.24, 2.45) is 5.10 Å². The molecule has 0 bridgehead atoms. The zero-order valence-corrected chi connectivity index (χ0v) is 16.7. The molecule has 0 unspecified atom stereocenters. The summed E-state index contributed by atoms with van der Waals surface area (Å²) >= 11 is 1.42.